The molecule has 16 heavy (non-hydrogen) atoms. The predicted molar refractivity (Wildman–Crippen MR) is 64.3 cm³/mol. The van der Waals surface area contributed by atoms with Crippen LogP contribution in [-0.4, -0.2) is 66.2 Å². The Morgan fingerprint density at radius 1 is 1.50 bits per heavy atom. The Bertz CT molecular complexity index is 275. The highest BCUT2D eigenvalue weighted by atomic mass is 16.3. The summed E-state index contributed by atoms with van der Waals surface area (Å²) in [5.74, 6) is 0.617. The number of aliphatic hydroxyl groups excluding tert-OH is 1. The van der Waals surface area contributed by atoms with Gasteiger partial charge in [-0.3, -0.25) is 0 Å². The van der Waals surface area contributed by atoms with Crippen molar-refractivity contribution in [3.05, 3.63) is 0 Å². The Morgan fingerprint density at radius 3 is 2.75 bits per heavy atom. The lowest BCUT2D eigenvalue weighted by atomic mass is 10.2. The summed E-state index contributed by atoms with van der Waals surface area (Å²) in [5, 5.41) is 9.71. The third-order valence-electron chi connectivity index (χ3n) is 3.12. The van der Waals surface area contributed by atoms with Crippen molar-refractivity contribution in [2.75, 3.05) is 27.2 Å². The van der Waals surface area contributed by atoms with Crippen LogP contribution in [0.25, 0.3) is 0 Å². The summed E-state index contributed by atoms with van der Waals surface area (Å²) in [5.41, 5.74) is 5.99. The Morgan fingerprint density at radius 2 is 2.19 bits per heavy atom. The summed E-state index contributed by atoms with van der Waals surface area (Å²) in [7, 11) is 4.08. The lowest BCUT2D eigenvalue weighted by Crippen LogP contribution is -2.45. The number of guanidine groups is 1. The summed E-state index contributed by atoms with van der Waals surface area (Å²) in [6.07, 6.45) is 2.85. The zero-order chi connectivity index (χ0) is 11.7. The zero-order valence-electron chi connectivity index (χ0n) is 10.1. The maximum Gasteiger partial charge on any atom is 0.191 e. The van der Waals surface area contributed by atoms with Crippen LogP contribution < -0.4 is 5.73 Å². The Hall–Kier alpha value is -0.810. The van der Waals surface area contributed by atoms with Crippen LogP contribution in [-0.2, 0) is 0 Å². The number of β-amino-alcohol motifs (C(OH)–C–C–N with tert-alkyl or cyclic N) is 1. The van der Waals surface area contributed by atoms with Crippen LogP contribution in [0.3, 0.4) is 0 Å². The van der Waals surface area contributed by atoms with E-state index in [1.165, 1.54) is 0 Å². The highest BCUT2D eigenvalue weighted by molar-refractivity contribution is 5.79. The summed E-state index contributed by atoms with van der Waals surface area (Å²) in [6, 6.07) is 0.741. The summed E-state index contributed by atoms with van der Waals surface area (Å²) >= 11 is 0. The van der Waals surface area contributed by atoms with Gasteiger partial charge in [0.25, 0.3) is 0 Å². The number of rotatable bonds is 3. The van der Waals surface area contributed by atoms with Crippen molar-refractivity contribution in [2.45, 2.75) is 37.5 Å². The molecule has 2 unspecified atom stereocenters. The van der Waals surface area contributed by atoms with Gasteiger partial charge >= 0.3 is 0 Å². The van der Waals surface area contributed by atoms with Crippen molar-refractivity contribution in [3.63, 3.8) is 0 Å². The van der Waals surface area contributed by atoms with Gasteiger partial charge in [0.2, 0.25) is 0 Å². The Kier molecular flexibility index (Phi) is 3.35. The number of likely N-dealkylation sites (tertiary alicyclic amines) is 1. The average molecular weight is 226 g/mol. The van der Waals surface area contributed by atoms with Crippen molar-refractivity contribution in [1.82, 2.24) is 9.80 Å². The van der Waals surface area contributed by atoms with Gasteiger partial charge in [-0.05, 0) is 33.4 Å². The number of nitrogens with two attached hydrogens (primary N) is 1. The van der Waals surface area contributed by atoms with Gasteiger partial charge in [0, 0.05) is 19.1 Å². The molecule has 1 saturated carbocycles. The van der Waals surface area contributed by atoms with Crippen LogP contribution in [0.5, 0.6) is 0 Å². The monoisotopic (exact) mass is 226 g/mol. The fourth-order valence-electron chi connectivity index (χ4n) is 2.23. The molecule has 0 aromatic carbocycles. The number of likely N-dealkylation sites (N-methyl/N-ethyl adjacent to an activating group) is 1. The van der Waals surface area contributed by atoms with E-state index in [4.69, 9.17) is 5.73 Å². The smallest absolute Gasteiger partial charge is 0.191 e. The van der Waals surface area contributed by atoms with Crippen LogP contribution >= 0.6 is 0 Å². The summed E-state index contributed by atoms with van der Waals surface area (Å²) < 4.78 is 0. The maximum atomic E-state index is 9.71. The molecule has 2 rings (SSSR count). The van der Waals surface area contributed by atoms with Gasteiger partial charge in [0.15, 0.2) is 5.96 Å². The molecule has 2 fully saturated rings. The molecule has 2 atom stereocenters. The molecule has 2 aliphatic rings. The first-order valence-corrected chi connectivity index (χ1v) is 5.99. The van der Waals surface area contributed by atoms with E-state index >= 15 is 0 Å². The predicted octanol–water partition coefficient (Wildman–Crippen LogP) is -0.540. The van der Waals surface area contributed by atoms with E-state index in [-0.39, 0.29) is 6.10 Å². The molecule has 0 spiro atoms. The van der Waals surface area contributed by atoms with Crippen LogP contribution in [0.15, 0.2) is 4.99 Å². The molecule has 0 radical (unpaired) electrons. The average Bonchev–Trinajstić information content (AvgIpc) is 2.89. The van der Waals surface area contributed by atoms with Gasteiger partial charge in [-0.15, -0.1) is 0 Å². The second kappa shape index (κ2) is 4.59. The fourth-order valence-corrected chi connectivity index (χ4v) is 2.23. The molecule has 1 aliphatic carbocycles. The standard InChI is InChI=1S/C11H22N4O/c1-14(2)6-9-5-10(16)7-15(9)11(12)13-8-3-4-8/h8-10,16H,3-7H2,1-2H3,(H2,12,13). The molecule has 0 amide bonds. The van der Waals surface area contributed by atoms with E-state index in [1.54, 1.807) is 0 Å². The van der Waals surface area contributed by atoms with Crippen molar-refractivity contribution in [1.29, 1.82) is 0 Å². The maximum absolute atomic E-state index is 9.71. The van der Waals surface area contributed by atoms with Crippen molar-refractivity contribution < 1.29 is 5.11 Å². The molecule has 0 aromatic rings. The molecular formula is C11H22N4O. The molecule has 1 heterocycles. The quantitative estimate of drug-likeness (QED) is 0.501. The first kappa shape index (κ1) is 11.7. The van der Waals surface area contributed by atoms with Crippen molar-refractivity contribution >= 4 is 5.96 Å². The third-order valence-corrected chi connectivity index (χ3v) is 3.12. The molecule has 1 aliphatic heterocycles. The number of hydrogen-bond donors (Lipinski definition) is 2. The van der Waals surface area contributed by atoms with Gasteiger partial charge in [-0.1, -0.05) is 0 Å². The number of aliphatic hydroxyl groups is 1. The second-order valence-corrected chi connectivity index (χ2v) is 5.18. The largest absolute Gasteiger partial charge is 0.391 e. The minimum atomic E-state index is -0.266. The van der Waals surface area contributed by atoms with Crippen LogP contribution in [0.2, 0.25) is 0 Å². The molecule has 1 saturated heterocycles. The Labute approximate surface area is 96.9 Å². The Balaban J connectivity index is 1.99. The topological polar surface area (TPSA) is 65.1 Å². The van der Waals surface area contributed by atoms with E-state index in [2.05, 4.69) is 14.8 Å². The highest BCUT2D eigenvalue weighted by Crippen LogP contribution is 2.25. The van der Waals surface area contributed by atoms with Crippen molar-refractivity contribution in [3.8, 4) is 0 Å². The minimum absolute atomic E-state index is 0.266. The molecule has 5 nitrogen and oxygen atoms in total. The third kappa shape index (κ3) is 2.86. The first-order chi connectivity index (χ1) is 7.56. The van der Waals surface area contributed by atoms with E-state index in [0.717, 1.165) is 25.8 Å². The van der Waals surface area contributed by atoms with Crippen LogP contribution in [0.4, 0.5) is 0 Å². The summed E-state index contributed by atoms with van der Waals surface area (Å²) in [6.45, 7) is 1.54. The SMILES string of the molecule is CN(C)CC1CC(O)CN1C(N)=NC1CC1. The van der Waals surface area contributed by atoms with Crippen LogP contribution in [0, 0.1) is 0 Å². The number of nitrogens with zero attached hydrogens (tertiary/aromatic N) is 3. The lowest BCUT2D eigenvalue weighted by molar-refractivity contribution is 0.187. The molecule has 92 valence electrons. The van der Waals surface area contributed by atoms with Crippen molar-refractivity contribution in [2.24, 2.45) is 10.7 Å². The minimum Gasteiger partial charge on any atom is -0.391 e. The fraction of sp³-hybridized carbons (Fsp3) is 0.909. The molecule has 0 aromatic heterocycles. The van der Waals surface area contributed by atoms with Gasteiger partial charge in [-0.2, -0.15) is 0 Å². The summed E-state index contributed by atoms with van der Waals surface area (Å²) in [4.78, 5) is 8.64. The van der Waals surface area contributed by atoms with Crippen LogP contribution in [0.1, 0.15) is 19.3 Å². The number of hydrogen-bond acceptors (Lipinski definition) is 3. The highest BCUT2D eigenvalue weighted by Gasteiger charge is 2.33. The second-order valence-electron chi connectivity index (χ2n) is 5.18. The van der Waals surface area contributed by atoms with Gasteiger partial charge < -0.3 is 20.6 Å². The van der Waals surface area contributed by atoms with E-state index in [0.29, 0.717) is 24.6 Å². The van der Waals surface area contributed by atoms with Gasteiger partial charge in [0.05, 0.1) is 12.1 Å². The molecular weight excluding hydrogens is 204 g/mol. The molecule has 5 heteroatoms. The molecule has 0 bridgehead atoms. The van der Waals surface area contributed by atoms with E-state index in [9.17, 15) is 5.11 Å². The van der Waals surface area contributed by atoms with Gasteiger partial charge in [-0.25, -0.2) is 4.99 Å². The zero-order valence-corrected chi connectivity index (χ0v) is 10.1. The molecule has 3 N–H and O–H groups in total. The van der Waals surface area contributed by atoms with E-state index < -0.39 is 0 Å². The number of aliphatic imine (C=N–C) groups is 1. The first-order valence-electron chi connectivity index (χ1n) is 5.99. The normalized spacial score (nSPS) is 31.5. The van der Waals surface area contributed by atoms with E-state index in [1.807, 2.05) is 14.1 Å². The lowest BCUT2D eigenvalue weighted by Gasteiger charge is -2.27. The van der Waals surface area contributed by atoms with Gasteiger partial charge in [0.1, 0.15) is 0 Å².